The maximum absolute atomic E-state index is 12.0. The normalized spacial score (nSPS) is 12.7. The molecule has 4 heteroatoms. The third-order valence-electron chi connectivity index (χ3n) is 2.96. The van der Waals surface area contributed by atoms with Crippen LogP contribution in [0, 0.1) is 0 Å². The van der Waals surface area contributed by atoms with Crippen molar-refractivity contribution in [1.82, 2.24) is 4.90 Å². The number of aryl methyl sites for hydroxylation is 1. The molecule has 1 aromatic rings. The third-order valence-corrected chi connectivity index (χ3v) is 2.96. The monoisotopic (exact) mass is 277 g/mol. The number of benzene rings is 1. The first-order valence-electron chi connectivity index (χ1n) is 6.78. The molecule has 20 heavy (non-hydrogen) atoms. The Labute approximate surface area is 120 Å². The summed E-state index contributed by atoms with van der Waals surface area (Å²) in [6.07, 6.45) is 1.19. The van der Waals surface area contributed by atoms with Crippen LogP contribution >= 0.6 is 0 Å². The van der Waals surface area contributed by atoms with Crippen LogP contribution in [0.25, 0.3) is 0 Å². The minimum absolute atomic E-state index is 0.505. The number of amides is 1. The van der Waals surface area contributed by atoms with Crippen molar-refractivity contribution in [2.75, 3.05) is 7.05 Å². The van der Waals surface area contributed by atoms with E-state index in [-0.39, 0.29) is 0 Å². The van der Waals surface area contributed by atoms with Crippen molar-refractivity contribution in [3.63, 3.8) is 0 Å². The zero-order valence-corrected chi connectivity index (χ0v) is 12.8. The molecule has 0 aromatic heterocycles. The third kappa shape index (κ3) is 4.37. The molecule has 0 aliphatic carbocycles. The van der Waals surface area contributed by atoms with E-state index in [1.54, 1.807) is 27.8 Å². The van der Waals surface area contributed by atoms with Crippen LogP contribution < -0.4 is 0 Å². The molecule has 0 aliphatic rings. The van der Waals surface area contributed by atoms with Gasteiger partial charge in [0.25, 0.3) is 0 Å². The fourth-order valence-corrected chi connectivity index (χ4v) is 1.79. The van der Waals surface area contributed by atoms with Crippen LogP contribution in [0.3, 0.4) is 0 Å². The lowest BCUT2D eigenvalue weighted by Crippen LogP contribution is -2.37. The summed E-state index contributed by atoms with van der Waals surface area (Å²) < 4.78 is 5.28. The SMILES string of the molecule is CCc1ccc(C(C=O)N(C)C(=O)OC(C)(C)C)cc1. The Hall–Kier alpha value is -1.84. The maximum atomic E-state index is 12.0. The average molecular weight is 277 g/mol. The number of rotatable bonds is 4. The highest BCUT2D eigenvalue weighted by atomic mass is 16.6. The van der Waals surface area contributed by atoms with Crippen LogP contribution in [0.4, 0.5) is 4.79 Å². The number of likely N-dealkylation sites (N-methyl/N-ethyl adjacent to an activating group) is 1. The standard InChI is InChI=1S/C16H23NO3/c1-6-12-7-9-13(10-8-12)14(11-18)17(5)15(19)20-16(2,3)4/h7-11,14H,6H2,1-5H3. The Morgan fingerprint density at radius 2 is 1.85 bits per heavy atom. The molecule has 0 saturated carbocycles. The van der Waals surface area contributed by atoms with Gasteiger partial charge in [-0.05, 0) is 38.3 Å². The predicted octanol–water partition coefficient (Wildman–Crippen LogP) is 3.36. The van der Waals surface area contributed by atoms with Gasteiger partial charge in [0.1, 0.15) is 17.9 Å². The van der Waals surface area contributed by atoms with Crippen molar-refractivity contribution >= 4 is 12.4 Å². The number of nitrogens with zero attached hydrogens (tertiary/aromatic N) is 1. The number of aldehydes is 1. The number of hydrogen-bond acceptors (Lipinski definition) is 3. The second-order valence-corrected chi connectivity index (χ2v) is 5.77. The van der Waals surface area contributed by atoms with Crippen molar-refractivity contribution in [2.45, 2.75) is 45.8 Å². The van der Waals surface area contributed by atoms with E-state index in [0.717, 1.165) is 18.3 Å². The minimum atomic E-state index is -0.629. The molecule has 4 nitrogen and oxygen atoms in total. The van der Waals surface area contributed by atoms with E-state index >= 15 is 0 Å². The van der Waals surface area contributed by atoms with Crippen molar-refractivity contribution in [3.8, 4) is 0 Å². The number of hydrogen-bond donors (Lipinski definition) is 0. The fourth-order valence-electron chi connectivity index (χ4n) is 1.79. The highest BCUT2D eigenvalue weighted by molar-refractivity contribution is 5.74. The summed E-state index contributed by atoms with van der Waals surface area (Å²) in [7, 11) is 1.57. The van der Waals surface area contributed by atoms with Crippen LogP contribution in [0.1, 0.15) is 44.9 Å². The Bertz CT molecular complexity index is 460. The highest BCUT2D eigenvalue weighted by Gasteiger charge is 2.26. The van der Waals surface area contributed by atoms with Crippen LogP contribution in [0.2, 0.25) is 0 Å². The summed E-state index contributed by atoms with van der Waals surface area (Å²) in [6, 6.07) is 7.05. The lowest BCUT2D eigenvalue weighted by atomic mass is 10.0. The van der Waals surface area contributed by atoms with Crippen LogP contribution in [0.15, 0.2) is 24.3 Å². The summed E-state index contributed by atoms with van der Waals surface area (Å²) in [5, 5.41) is 0. The molecule has 0 bridgehead atoms. The van der Waals surface area contributed by atoms with Gasteiger partial charge in [0.15, 0.2) is 0 Å². The van der Waals surface area contributed by atoms with E-state index < -0.39 is 17.7 Å². The fraction of sp³-hybridized carbons (Fsp3) is 0.500. The Morgan fingerprint density at radius 3 is 2.25 bits per heavy atom. The van der Waals surface area contributed by atoms with Crippen molar-refractivity contribution in [1.29, 1.82) is 0 Å². The lowest BCUT2D eigenvalue weighted by molar-refractivity contribution is -0.112. The highest BCUT2D eigenvalue weighted by Crippen LogP contribution is 2.20. The first-order valence-corrected chi connectivity index (χ1v) is 6.78. The van der Waals surface area contributed by atoms with Crippen molar-refractivity contribution in [2.24, 2.45) is 0 Å². The van der Waals surface area contributed by atoms with E-state index in [1.165, 1.54) is 10.5 Å². The molecular weight excluding hydrogens is 254 g/mol. The smallest absolute Gasteiger partial charge is 0.410 e. The molecule has 1 unspecified atom stereocenters. The minimum Gasteiger partial charge on any atom is -0.444 e. The second kappa shape index (κ2) is 6.55. The molecule has 0 radical (unpaired) electrons. The van der Waals surface area contributed by atoms with E-state index in [1.807, 2.05) is 24.3 Å². The first-order chi connectivity index (χ1) is 9.28. The molecule has 0 fully saturated rings. The molecule has 0 N–H and O–H groups in total. The van der Waals surface area contributed by atoms with E-state index in [9.17, 15) is 9.59 Å². The van der Waals surface area contributed by atoms with Gasteiger partial charge in [-0.15, -0.1) is 0 Å². The Kier molecular flexibility index (Phi) is 5.31. The molecular formula is C16H23NO3. The van der Waals surface area contributed by atoms with Crippen molar-refractivity contribution < 1.29 is 14.3 Å². The number of ether oxygens (including phenoxy) is 1. The molecule has 0 aliphatic heterocycles. The van der Waals surface area contributed by atoms with E-state index in [2.05, 4.69) is 6.92 Å². The summed E-state index contributed by atoms with van der Waals surface area (Å²) in [5.74, 6) is 0. The molecule has 110 valence electrons. The molecule has 1 atom stereocenters. The van der Waals surface area contributed by atoms with Gasteiger partial charge >= 0.3 is 6.09 Å². The molecule has 0 saturated heterocycles. The summed E-state index contributed by atoms with van der Waals surface area (Å²) in [6.45, 7) is 7.46. The molecule has 1 rings (SSSR count). The number of carbonyl (C=O) groups is 2. The molecule has 0 spiro atoms. The summed E-state index contributed by atoms with van der Waals surface area (Å²) in [4.78, 5) is 24.6. The molecule has 0 heterocycles. The second-order valence-electron chi connectivity index (χ2n) is 5.77. The van der Waals surface area contributed by atoms with Gasteiger partial charge in [-0.1, -0.05) is 31.2 Å². The molecule has 1 amide bonds. The van der Waals surface area contributed by atoms with Crippen LogP contribution in [-0.4, -0.2) is 29.9 Å². The van der Waals surface area contributed by atoms with Crippen LogP contribution in [-0.2, 0) is 16.0 Å². The average Bonchev–Trinajstić information content (AvgIpc) is 2.38. The quantitative estimate of drug-likeness (QED) is 0.793. The van der Waals surface area contributed by atoms with Crippen molar-refractivity contribution in [3.05, 3.63) is 35.4 Å². The lowest BCUT2D eigenvalue weighted by Gasteiger charge is -2.28. The topological polar surface area (TPSA) is 46.6 Å². The van der Waals surface area contributed by atoms with Gasteiger partial charge in [0, 0.05) is 7.05 Å². The Balaban J connectivity index is 2.88. The molecule has 1 aromatic carbocycles. The first kappa shape index (κ1) is 16.2. The van der Waals surface area contributed by atoms with Gasteiger partial charge in [0.05, 0.1) is 0 Å². The zero-order valence-electron chi connectivity index (χ0n) is 12.8. The zero-order chi connectivity index (χ0) is 15.3. The van der Waals surface area contributed by atoms with Gasteiger partial charge in [-0.3, -0.25) is 4.90 Å². The largest absolute Gasteiger partial charge is 0.444 e. The maximum Gasteiger partial charge on any atom is 0.410 e. The van der Waals surface area contributed by atoms with Gasteiger partial charge in [-0.2, -0.15) is 0 Å². The Morgan fingerprint density at radius 1 is 1.30 bits per heavy atom. The van der Waals surface area contributed by atoms with Gasteiger partial charge in [0.2, 0.25) is 0 Å². The summed E-state index contributed by atoms with van der Waals surface area (Å²) in [5.41, 5.74) is 1.40. The van der Waals surface area contributed by atoms with E-state index in [0.29, 0.717) is 0 Å². The van der Waals surface area contributed by atoms with Gasteiger partial charge in [-0.25, -0.2) is 4.79 Å². The number of carbonyl (C=O) groups excluding carboxylic acids is 2. The van der Waals surface area contributed by atoms with E-state index in [4.69, 9.17) is 4.74 Å². The van der Waals surface area contributed by atoms with Gasteiger partial charge < -0.3 is 9.53 Å². The summed E-state index contributed by atoms with van der Waals surface area (Å²) >= 11 is 0. The van der Waals surface area contributed by atoms with Crippen LogP contribution in [0.5, 0.6) is 0 Å². The predicted molar refractivity (Wildman–Crippen MR) is 78.6 cm³/mol.